The second-order valence-electron chi connectivity index (χ2n) is 4.06. The number of benzene rings is 1. The summed E-state index contributed by atoms with van der Waals surface area (Å²) in [6.45, 7) is 0.125. The molecule has 106 valence electrons. The van der Waals surface area contributed by atoms with Crippen LogP contribution in [0, 0.1) is 11.3 Å². The third-order valence-corrected chi connectivity index (χ3v) is 3.34. The average molecular weight is 323 g/mol. The molecule has 1 aromatic heterocycles. The number of nitrogens with zero attached hydrogens (tertiary/aromatic N) is 4. The van der Waals surface area contributed by atoms with Crippen LogP contribution in [-0.2, 0) is 0 Å². The Kier molecular flexibility index (Phi) is 3.69. The lowest BCUT2D eigenvalue weighted by atomic mass is 10.2. The van der Waals surface area contributed by atoms with Gasteiger partial charge in [-0.2, -0.15) is 5.26 Å². The molecule has 0 saturated carbocycles. The summed E-state index contributed by atoms with van der Waals surface area (Å²) >= 11 is 12.1. The minimum Gasteiger partial charge on any atom is -0.454 e. The zero-order chi connectivity index (χ0) is 14.8. The highest BCUT2D eigenvalue weighted by molar-refractivity contribution is 6.34. The molecule has 0 amide bonds. The van der Waals surface area contributed by atoms with Crippen molar-refractivity contribution in [3.8, 4) is 17.6 Å². The van der Waals surface area contributed by atoms with Crippen LogP contribution in [0.15, 0.2) is 24.4 Å². The maximum Gasteiger partial charge on any atom is 0.231 e. The van der Waals surface area contributed by atoms with Gasteiger partial charge in [-0.1, -0.05) is 11.6 Å². The number of rotatable bonds is 3. The molecule has 0 spiro atoms. The predicted octanol–water partition coefficient (Wildman–Crippen LogP) is 3.17. The number of hydrogen-bond donors (Lipinski definition) is 0. The average Bonchev–Trinajstić information content (AvgIpc) is 2.94. The first-order chi connectivity index (χ1) is 10.2. The molecular formula is C13H8Cl2N4O2. The second kappa shape index (κ2) is 5.64. The molecule has 0 aliphatic carbocycles. The van der Waals surface area contributed by atoms with Gasteiger partial charge in [0.2, 0.25) is 12.1 Å². The highest BCUT2D eigenvalue weighted by Crippen LogP contribution is 2.47. The van der Waals surface area contributed by atoms with Gasteiger partial charge in [0.25, 0.3) is 0 Å². The molecule has 3 rings (SSSR count). The smallest absolute Gasteiger partial charge is 0.231 e. The number of aromatic nitrogens is 2. The summed E-state index contributed by atoms with van der Waals surface area (Å²) in [4.78, 5) is 9.54. The van der Waals surface area contributed by atoms with E-state index in [2.05, 4.69) is 16.0 Å². The third-order valence-electron chi connectivity index (χ3n) is 2.85. The lowest BCUT2D eigenvalue weighted by molar-refractivity contribution is 0.174. The molecule has 2 heterocycles. The highest BCUT2D eigenvalue weighted by atomic mass is 35.5. The van der Waals surface area contributed by atoms with Gasteiger partial charge in [0.15, 0.2) is 11.5 Å². The largest absolute Gasteiger partial charge is 0.454 e. The van der Waals surface area contributed by atoms with Crippen molar-refractivity contribution in [3.63, 3.8) is 0 Å². The maximum atomic E-state index is 9.08. The number of anilines is 2. The molecule has 2 aromatic rings. The van der Waals surface area contributed by atoms with Crippen molar-refractivity contribution in [2.45, 2.75) is 0 Å². The molecule has 0 unspecified atom stereocenters. The van der Waals surface area contributed by atoms with Crippen molar-refractivity contribution in [1.82, 2.24) is 9.97 Å². The van der Waals surface area contributed by atoms with Crippen molar-refractivity contribution in [3.05, 3.63) is 34.7 Å². The lowest BCUT2D eigenvalue weighted by Gasteiger charge is -2.23. The minimum absolute atomic E-state index is 0.0207. The van der Waals surface area contributed by atoms with E-state index in [1.165, 1.54) is 6.20 Å². The van der Waals surface area contributed by atoms with Crippen molar-refractivity contribution in [1.29, 1.82) is 5.26 Å². The van der Waals surface area contributed by atoms with E-state index in [4.69, 9.17) is 37.9 Å². The van der Waals surface area contributed by atoms with Gasteiger partial charge in [-0.3, -0.25) is 0 Å². The molecule has 1 aliphatic heterocycles. The van der Waals surface area contributed by atoms with Crippen molar-refractivity contribution >= 4 is 34.7 Å². The molecular weight excluding hydrogens is 315 g/mol. The van der Waals surface area contributed by atoms with Crippen molar-refractivity contribution in [2.24, 2.45) is 0 Å². The Bertz CT molecular complexity index is 733. The predicted molar refractivity (Wildman–Crippen MR) is 77.2 cm³/mol. The molecule has 0 N–H and O–H groups in total. The van der Waals surface area contributed by atoms with E-state index in [1.807, 2.05) is 0 Å². The SMILES string of the molecule is N#CCN(c1ccnc(Cl)n1)c1c(Cl)ccc2c1OCO2. The first-order valence-corrected chi connectivity index (χ1v) is 6.67. The topological polar surface area (TPSA) is 71.3 Å². The van der Waals surface area contributed by atoms with Gasteiger partial charge >= 0.3 is 0 Å². The van der Waals surface area contributed by atoms with Crippen LogP contribution < -0.4 is 14.4 Å². The van der Waals surface area contributed by atoms with Gasteiger partial charge in [-0.05, 0) is 29.8 Å². The molecule has 8 heteroatoms. The molecule has 21 heavy (non-hydrogen) atoms. The second-order valence-corrected chi connectivity index (χ2v) is 4.80. The molecule has 1 aliphatic rings. The third kappa shape index (κ3) is 2.53. The van der Waals surface area contributed by atoms with E-state index in [0.29, 0.717) is 28.0 Å². The van der Waals surface area contributed by atoms with E-state index in [0.717, 1.165) is 0 Å². The maximum absolute atomic E-state index is 9.08. The molecule has 1 aromatic carbocycles. The first-order valence-electron chi connectivity index (χ1n) is 5.92. The van der Waals surface area contributed by atoms with Gasteiger partial charge in [-0.15, -0.1) is 0 Å². The van der Waals surface area contributed by atoms with E-state index < -0.39 is 0 Å². The Labute approximate surface area is 130 Å². The Morgan fingerprint density at radius 2 is 2.14 bits per heavy atom. The fourth-order valence-electron chi connectivity index (χ4n) is 2.01. The van der Waals surface area contributed by atoms with Gasteiger partial charge in [0.1, 0.15) is 18.1 Å². The standard InChI is InChI=1S/C13H8Cl2N4O2/c14-8-1-2-9-12(21-7-20-9)11(8)19(6-4-16)10-3-5-17-13(15)18-10/h1-3,5H,6-7H2. The molecule has 0 bridgehead atoms. The first kappa shape index (κ1) is 13.7. The van der Waals surface area contributed by atoms with E-state index in [-0.39, 0.29) is 18.6 Å². The number of hydrogen-bond acceptors (Lipinski definition) is 6. The monoisotopic (exact) mass is 322 g/mol. The molecule has 0 saturated heterocycles. The summed E-state index contributed by atoms with van der Waals surface area (Å²) in [6, 6.07) is 7.10. The number of halogens is 2. The Morgan fingerprint density at radius 1 is 1.29 bits per heavy atom. The van der Waals surface area contributed by atoms with Crippen LogP contribution in [-0.4, -0.2) is 23.3 Å². The van der Waals surface area contributed by atoms with Crippen LogP contribution in [0.3, 0.4) is 0 Å². The Balaban J connectivity index is 2.15. The normalized spacial score (nSPS) is 12.0. The highest BCUT2D eigenvalue weighted by Gasteiger charge is 2.26. The summed E-state index contributed by atoms with van der Waals surface area (Å²) < 4.78 is 10.8. The zero-order valence-corrected chi connectivity index (χ0v) is 12.1. The Morgan fingerprint density at radius 3 is 2.90 bits per heavy atom. The van der Waals surface area contributed by atoms with Crippen LogP contribution in [0.25, 0.3) is 0 Å². The van der Waals surface area contributed by atoms with E-state index in [1.54, 1.807) is 23.1 Å². The van der Waals surface area contributed by atoms with Gasteiger partial charge in [0, 0.05) is 6.20 Å². The van der Waals surface area contributed by atoms with Gasteiger partial charge in [-0.25, -0.2) is 9.97 Å². The van der Waals surface area contributed by atoms with Crippen molar-refractivity contribution < 1.29 is 9.47 Å². The summed E-state index contributed by atoms with van der Waals surface area (Å²) in [5, 5.41) is 9.59. The van der Waals surface area contributed by atoms with Crippen molar-refractivity contribution in [2.75, 3.05) is 18.2 Å². The summed E-state index contributed by atoms with van der Waals surface area (Å²) in [5.74, 6) is 1.49. The number of ether oxygens (including phenoxy) is 2. The number of fused-ring (bicyclic) bond motifs is 1. The van der Waals surface area contributed by atoms with Gasteiger partial charge in [0.05, 0.1) is 11.1 Å². The fraction of sp³-hybridized carbons (Fsp3) is 0.154. The molecule has 6 nitrogen and oxygen atoms in total. The molecule has 0 radical (unpaired) electrons. The fourth-order valence-corrected chi connectivity index (χ4v) is 2.40. The summed E-state index contributed by atoms with van der Waals surface area (Å²) in [6.07, 6.45) is 1.50. The molecule has 0 atom stereocenters. The quantitative estimate of drug-likeness (QED) is 0.638. The van der Waals surface area contributed by atoms with Crippen LogP contribution in [0.5, 0.6) is 11.5 Å². The van der Waals surface area contributed by atoms with Crippen LogP contribution in [0.4, 0.5) is 11.5 Å². The zero-order valence-electron chi connectivity index (χ0n) is 10.6. The minimum atomic E-state index is 0.0207. The lowest BCUT2D eigenvalue weighted by Crippen LogP contribution is -2.19. The van der Waals surface area contributed by atoms with E-state index >= 15 is 0 Å². The van der Waals surface area contributed by atoms with Crippen LogP contribution >= 0.6 is 23.2 Å². The Hall–Kier alpha value is -2.23. The molecule has 0 fully saturated rings. The number of nitriles is 1. The van der Waals surface area contributed by atoms with Crippen LogP contribution in [0.2, 0.25) is 10.3 Å². The van der Waals surface area contributed by atoms with Gasteiger partial charge < -0.3 is 14.4 Å². The summed E-state index contributed by atoms with van der Waals surface area (Å²) in [5.41, 5.74) is 0.517. The van der Waals surface area contributed by atoms with Crippen LogP contribution in [0.1, 0.15) is 0 Å². The summed E-state index contributed by atoms with van der Waals surface area (Å²) in [7, 11) is 0. The van der Waals surface area contributed by atoms with E-state index in [9.17, 15) is 0 Å².